The lowest BCUT2D eigenvalue weighted by Crippen LogP contribution is -2.37. The molecule has 1 N–H and O–H groups in total. The van der Waals surface area contributed by atoms with Gasteiger partial charge in [0.1, 0.15) is 4.99 Å². The fraction of sp³-hybridized carbons (Fsp3) is 0.417. The zero-order valence-electron chi connectivity index (χ0n) is 17.9. The van der Waals surface area contributed by atoms with Crippen molar-refractivity contribution in [1.29, 1.82) is 0 Å². The van der Waals surface area contributed by atoms with E-state index in [9.17, 15) is 4.79 Å². The van der Waals surface area contributed by atoms with E-state index in [0.29, 0.717) is 18.1 Å². The molecule has 160 valence electrons. The van der Waals surface area contributed by atoms with Crippen LogP contribution in [0, 0.1) is 12.8 Å². The molecule has 0 spiro atoms. The van der Waals surface area contributed by atoms with Crippen LogP contribution in [0.15, 0.2) is 42.5 Å². The lowest BCUT2D eigenvalue weighted by molar-refractivity contribution is -0.118. The lowest BCUT2D eigenvalue weighted by Gasteiger charge is -2.32. The first-order valence-corrected chi connectivity index (χ1v) is 10.9. The number of nitrogens with one attached hydrogen (secondary N) is 1. The molecule has 1 heterocycles. The van der Waals surface area contributed by atoms with Crippen molar-refractivity contribution in [3.05, 3.63) is 53.6 Å². The molecule has 1 aliphatic rings. The van der Waals surface area contributed by atoms with Crippen LogP contribution in [0.4, 0.5) is 5.69 Å². The van der Waals surface area contributed by atoms with Gasteiger partial charge in [0, 0.05) is 24.3 Å². The molecule has 0 atom stereocenters. The average molecular weight is 427 g/mol. The van der Waals surface area contributed by atoms with Gasteiger partial charge in [0.2, 0.25) is 0 Å². The number of likely N-dealkylation sites (tertiary alicyclic amines) is 1. The highest BCUT2D eigenvalue weighted by Gasteiger charge is 2.20. The molecule has 0 bridgehead atoms. The maximum atomic E-state index is 12.2. The van der Waals surface area contributed by atoms with Gasteiger partial charge in [0.25, 0.3) is 5.91 Å². The Kier molecular flexibility index (Phi) is 7.69. The molecule has 5 nitrogen and oxygen atoms in total. The molecule has 0 aromatic heterocycles. The Bertz CT molecular complexity index is 875. The predicted octanol–water partition coefficient (Wildman–Crippen LogP) is 4.82. The second kappa shape index (κ2) is 10.4. The van der Waals surface area contributed by atoms with Gasteiger partial charge in [-0.05, 0) is 62.9 Å². The van der Waals surface area contributed by atoms with Crippen molar-refractivity contribution in [2.45, 2.75) is 33.6 Å². The summed E-state index contributed by atoms with van der Waals surface area (Å²) >= 11 is 5.72. The lowest BCUT2D eigenvalue weighted by atomic mass is 9.99. The normalized spacial score (nSPS) is 14.3. The monoisotopic (exact) mass is 426 g/mol. The number of aryl methyl sites for hydroxylation is 1. The minimum Gasteiger partial charge on any atom is -0.490 e. The summed E-state index contributed by atoms with van der Waals surface area (Å²) in [7, 11) is 0. The van der Waals surface area contributed by atoms with Gasteiger partial charge in [0.15, 0.2) is 18.1 Å². The van der Waals surface area contributed by atoms with Crippen molar-refractivity contribution in [3.63, 3.8) is 0 Å². The van der Waals surface area contributed by atoms with E-state index in [1.165, 1.54) is 0 Å². The Labute approximate surface area is 184 Å². The number of carbonyl (C=O) groups is 1. The van der Waals surface area contributed by atoms with Crippen molar-refractivity contribution >= 4 is 28.8 Å². The predicted molar refractivity (Wildman–Crippen MR) is 125 cm³/mol. The Morgan fingerprint density at radius 3 is 2.47 bits per heavy atom. The highest BCUT2D eigenvalue weighted by atomic mass is 32.1. The van der Waals surface area contributed by atoms with Crippen molar-refractivity contribution in [1.82, 2.24) is 4.90 Å². The Hall–Kier alpha value is -2.60. The highest BCUT2D eigenvalue weighted by Crippen LogP contribution is 2.30. The summed E-state index contributed by atoms with van der Waals surface area (Å²) in [4.78, 5) is 15.3. The first-order chi connectivity index (χ1) is 14.5. The smallest absolute Gasteiger partial charge is 0.262 e. The van der Waals surface area contributed by atoms with Crippen LogP contribution in [0.2, 0.25) is 0 Å². The Morgan fingerprint density at radius 2 is 1.80 bits per heavy atom. The zero-order chi connectivity index (χ0) is 21.5. The van der Waals surface area contributed by atoms with Gasteiger partial charge in [-0.25, -0.2) is 0 Å². The molecule has 2 aromatic carbocycles. The van der Waals surface area contributed by atoms with Crippen molar-refractivity contribution in [3.8, 4) is 11.5 Å². The number of ether oxygens (including phenoxy) is 2. The average Bonchev–Trinajstić information content (AvgIpc) is 2.75. The standard InChI is InChI=1S/C24H30N2O3S/c1-4-28-22-15-19(24(30)26-13-11-18(3)12-14-26)7-10-21(22)29-16-23(27)25-20-8-5-17(2)6-9-20/h5-10,15,18H,4,11-14,16H2,1-3H3,(H,25,27). The van der Waals surface area contributed by atoms with Crippen molar-refractivity contribution in [2.75, 3.05) is 31.6 Å². The van der Waals surface area contributed by atoms with Gasteiger partial charge >= 0.3 is 0 Å². The number of thiocarbonyl (C=S) groups is 1. The summed E-state index contributed by atoms with van der Waals surface area (Å²) in [5.41, 5.74) is 2.83. The molecule has 3 rings (SSSR count). The van der Waals surface area contributed by atoms with E-state index < -0.39 is 0 Å². The van der Waals surface area contributed by atoms with Gasteiger partial charge in [-0.15, -0.1) is 0 Å². The fourth-order valence-electron chi connectivity index (χ4n) is 3.40. The summed E-state index contributed by atoms with van der Waals surface area (Å²) in [6.07, 6.45) is 2.32. The molecule has 0 radical (unpaired) electrons. The minimum atomic E-state index is -0.219. The van der Waals surface area contributed by atoms with Crippen LogP contribution < -0.4 is 14.8 Å². The number of hydrogen-bond donors (Lipinski definition) is 1. The number of piperidine rings is 1. The van der Waals surface area contributed by atoms with Crippen LogP contribution in [0.5, 0.6) is 11.5 Å². The molecule has 6 heteroatoms. The number of anilines is 1. The van der Waals surface area contributed by atoms with Gasteiger partial charge in [-0.1, -0.05) is 36.8 Å². The van der Waals surface area contributed by atoms with E-state index in [1.54, 1.807) is 0 Å². The summed E-state index contributed by atoms with van der Waals surface area (Å²) in [6.45, 7) is 8.60. The SMILES string of the molecule is CCOc1cc(C(=S)N2CCC(C)CC2)ccc1OCC(=O)Nc1ccc(C)cc1. The van der Waals surface area contributed by atoms with Crippen LogP contribution in [0.25, 0.3) is 0 Å². The maximum Gasteiger partial charge on any atom is 0.262 e. The Morgan fingerprint density at radius 1 is 1.10 bits per heavy atom. The topological polar surface area (TPSA) is 50.8 Å². The number of nitrogens with zero attached hydrogens (tertiary/aromatic N) is 1. The summed E-state index contributed by atoms with van der Waals surface area (Å²) in [5.74, 6) is 1.67. The van der Waals surface area contributed by atoms with Crippen molar-refractivity contribution in [2.24, 2.45) is 5.92 Å². The van der Waals surface area contributed by atoms with Crippen LogP contribution >= 0.6 is 12.2 Å². The van der Waals surface area contributed by atoms with E-state index in [1.807, 2.05) is 56.3 Å². The third-order valence-electron chi connectivity index (χ3n) is 5.26. The van der Waals surface area contributed by atoms with Crippen LogP contribution in [-0.2, 0) is 4.79 Å². The van der Waals surface area contributed by atoms with Gasteiger partial charge in [-0.3, -0.25) is 4.79 Å². The van der Waals surface area contributed by atoms with E-state index in [4.69, 9.17) is 21.7 Å². The molecule has 0 aliphatic carbocycles. The van der Waals surface area contributed by atoms with Gasteiger partial charge in [-0.2, -0.15) is 0 Å². The number of rotatable bonds is 7. The fourth-order valence-corrected chi connectivity index (χ4v) is 3.71. The maximum absolute atomic E-state index is 12.2. The number of amides is 1. The number of hydrogen-bond acceptors (Lipinski definition) is 4. The van der Waals surface area contributed by atoms with Gasteiger partial charge in [0.05, 0.1) is 6.61 Å². The third-order valence-corrected chi connectivity index (χ3v) is 5.75. The van der Waals surface area contributed by atoms with E-state index in [-0.39, 0.29) is 12.5 Å². The number of carbonyl (C=O) groups excluding carboxylic acids is 1. The first kappa shape index (κ1) is 22.1. The second-order valence-electron chi connectivity index (χ2n) is 7.77. The van der Waals surface area contributed by atoms with E-state index in [2.05, 4.69) is 17.1 Å². The van der Waals surface area contributed by atoms with Crippen LogP contribution in [-0.4, -0.2) is 42.1 Å². The van der Waals surface area contributed by atoms with E-state index in [0.717, 1.165) is 53.7 Å². The van der Waals surface area contributed by atoms with Crippen molar-refractivity contribution < 1.29 is 14.3 Å². The summed E-state index contributed by atoms with van der Waals surface area (Å²) in [5, 5.41) is 2.83. The molecule has 30 heavy (non-hydrogen) atoms. The molecular weight excluding hydrogens is 396 g/mol. The molecule has 1 amide bonds. The molecule has 1 aliphatic heterocycles. The first-order valence-electron chi connectivity index (χ1n) is 10.5. The largest absolute Gasteiger partial charge is 0.490 e. The molecule has 0 saturated carbocycles. The Balaban J connectivity index is 1.63. The molecule has 2 aromatic rings. The van der Waals surface area contributed by atoms with Crippen LogP contribution in [0.1, 0.15) is 37.8 Å². The van der Waals surface area contributed by atoms with Crippen LogP contribution in [0.3, 0.4) is 0 Å². The quantitative estimate of drug-likeness (QED) is 0.644. The second-order valence-corrected chi connectivity index (χ2v) is 8.16. The summed E-state index contributed by atoms with van der Waals surface area (Å²) in [6, 6.07) is 13.3. The minimum absolute atomic E-state index is 0.0955. The zero-order valence-corrected chi connectivity index (χ0v) is 18.8. The van der Waals surface area contributed by atoms with Gasteiger partial charge < -0.3 is 19.7 Å². The molecule has 1 saturated heterocycles. The third kappa shape index (κ3) is 5.95. The van der Waals surface area contributed by atoms with E-state index >= 15 is 0 Å². The molecular formula is C24H30N2O3S. The summed E-state index contributed by atoms with van der Waals surface area (Å²) < 4.78 is 11.5. The number of benzene rings is 2. The molecule has 0 unspecified atom stereocenters. The highest BCUT2D eigenvalue weighted by molar-refractivity contribution is 7.80. The molecule has 1 fully saturated rings.